The summed E-state index contributed by atoms with van der Waals surface area (Å²) < 4.78 is 5.41. The van der Waals surface area contributed by atoms with Crippen LogP contribution in [0.15, 0.2) is 42.5 Å². The number of nitrogens with one attached hydrogen (secondary N) is 2. The van der Waals surface area contributed by atoms with Crippen molar-refractivity contribution < 1.29 is 38.9 Å². The van der Waals surface area contributed by atoms with Gasteiger partial charge in [0.05, 0.1) is 0 Å². The molecule has 0 aromatic heterocycles. The zero-order valence-corrected chi connectivity index (χ0v) is 24.8. The Balaban J connectivity index is 1.36. The van der Waals surface area contributed by atoms with Crippen molar-refractivity contribution >= 4 is 40.6 Å². The molecule has 0 unspecified atom stereocenters. The molecule has 1 saturated heterocycles. The summed E-state index contributed by atoms with van der Waals surface area (Å²) in [5.41, 5.74) is 6.39. The van der Waals surface area contributed by atoms with Gasteiger partial charge in [-0.25, -0.2) is 14.4 Å². The molecule has 0 radical (unpaired) electrons. The van der Waals surface area contributed by atoms with Crippen LogP contribution in [0.4, 0.5) is 4.79 Å². The smallest absolute Gasteiger partial charge is 0.408 e. The summed E-state index contributed by atoms with van der Waals surface area (Å²) in [6.07, 6.45) is 3.92. The van der Waals surface area contributed by atoms with Crippen LogP contribution in [0.3, 0.4) is 0 Å². The van der Waals surface area contributed by atoms with E-state index in [0.29, 0.717) is 25.8 Å². The summed E-state index contributed by atoms with van der Waals surface area (Å²) in [7, 11) is 0. The number of hydrogen-bond acceptors (Lipinski definition) is 7. The Morgan fingerprint density at radius 3 is 2.43 bits per heavy atom. The van der Waals surface area contributed by atoms with E-state index in [-0.39, 0.29) is 37.8 Å². The number of likely N-dealkylation sites (tertiary alicyclic amines) is 1. The summed E-state index contributed by atoms with van der Waals surface area (Å²) in [6, 6.07) is 9.74. The minimum atomic E-state index is -1.41. The average molecular weight is 611 g/mol. The molecule has 2 aliphatic rings. The molecule has 1 aliphatic heterocycles. The fourth-order valence-corrected chi connectivity index (χ4v) is 6.47. The van der Waals surface area contributed by atoms with Gasteiger partial charge in [0, 0.05) is 12.5 Å². The Kier molecular flexibility index (Phi) is 11.5. The number of carboxylic acids is 2. The van der Waals surface area contributed by atoms with Gasteiger partial charge in [0.2, 0.25) is 11.8 Å². The molecule has 0 spiro atoms. The van der Waals surface area contributed by atoms with Crippen molar-refractivity contribution in [3.8, 4) is 0 Å². The maximum Gasteiger partial charge on any atom is 0.408 e. The second kappa shape index (κ2) is 15.5. The largest absolute Gasteiger partial charge is 0.480 e. The van der Waals surface area contributed by atoms with Crippen LogP contribution in [0.1, 0.15) is 69.8 Å². The highest BCUT2D eigenvalue weighted by Crippen LogP contribution is 2.40. The van der Waals surface area contributed by atoms with Crippen molar-refractivity contribution in [3.63, 3.8) is 0 Å². The van der Waals surface area contributed by atoms with Gasteiger partial charge in [-0.1, -0.05) is 55.3 Å². The molecule has 1 heterocycles. The van der Waals surface area contributed by atoms with E-state index in [1.807, 2.05) is 42.5 Å². The van der Waals surface area contributed by atoms with Gasteiger partial charge in [0.25, 0.3) is 0 Å². The van der Waals surface area contributed by atoms with Crippen LogP contribution in [0.5, 0.6) is 0 Å². The average Bonchev–Trinajstić information content (AvgIpc) is 3.41. The highest BCUT2D eigenvalue weighted by atomic mass is 16.5. The minimum absolute atomic E-state index is 0.0279. The zero-order valence-electron chi connectivity index (χ0n) is 24.8. The lowest BCUT2D eigenvalue weighted by Crippen LogP contribution is -2.52. The fourth-order valence-electron chi connectivity index (χ4n) is 6.47. The van der Waals surface area contributed by atoms with E-state index in [4.69, 9.17) is 10.5 Å². The number of alkyl carbamates (subject to hydrolysis) is 1. The summed E-state index contributed by atoms with van der Waals surface area (Å²) in [4.78, 5) is 64.6. The molecule has 12 heteroatoms. The van der Waals surface area contributed by atoms with Crippen LogP contribution in [0, 0.1) is 5.92 Å². The molecule has 3 amide bonds. The summed E-state index contributed by atoms with van der Waals surface area (Å²) in [5.74, 6) is -3.42. The lowest BCUT2D eigenvalue weighted by molar-refractivity contribution is -0.150. The number of aliphatic carboxylic acids is 2. The number of carboxylic acid groups (broad SMARTS) is 2. The van der Waals surface area contributed by atoms with Crippen LogP contribution in [-0.2, 0) is 30.5 Å². The molecule has 5 atom stereocenters. The number of amides is 3. The Bertz CT molecular complexity index is 1350. The molecule has 12 nitrogen and oxygen atoms in total. The normalized spacial score (nSPS) is 20.8. The standard InChI is InChI=1S/C32H42N4O8/c33-17-6-5-13-24(35-32(43)44-19-22-11-7-10-20-8-1-3-12-23(20)22)29(38)34-25(30(39)40)15-16-28(37)36-26-14-4-2-9-21(26)18-27(36)31(41)42/h1,3,7-8,10-12,21,24-27H,2,4-6,9,13-19,33H2,(H,34,38)(H,35,43)(H,39,40)(H,41,42)/t21-,24-,25+,26-,27-/m0/s1. The van der Waals surface area contributed by atoms with Crippen molar-refractivity contribution in [2.45, 2.75) is 95.0 Å². The van der Waals surface area contributed by atoms with Crippen LogP contribution in [-0.4, -0.2) is 75.7 Å². The molecule has 4 rings (SSSR count). The van der Waals surface area contributed by atoms with Gasteiger partial charge in [0.15, 0.2) is 0 Å². The number of unbranched alkanes of at least 4 members (excludes halogenated alkanes) is 1. The maximum absolute atomic E-state index is 13.2. The van der Waals surface area contributed by atoms with Gasteiger partial charge >= 0.3 is 18.0 Å². The topological polar surface area (TPSA) is 188 Å². The van der Waals surface area contributed by atoms with Crippen LogP contribution >= 0.6 is 0 Å². The number of carbonyl (C=O) groups is 5. The summed E-state index contributed by atoms with van der Waals surface area (Å²) in [5, 5.41) is 26.5. The van der Waals surface area contributed by atoms with Gasteiger partial charge < -0.3 is 36.2 Å². The van der Waals surface area contributed by atoms with Gasteiger partial charge in [0.1, 0.15) is 24.7 Å². The van der Waals surface area contributed by atoms with Crippen LogP contribution in [0.25, 0.3) is 10.8 Å². The second-order valence-electron chi connectivity index (χ2n) is 11.6. The molecule has 0 bridgehead atoms. The number of carbonyl (C=O) groups excluding carboxylic acids is 3. The van der Waals surface area contributed by atoms with E-state index in [0.717, 1.165) is 42.0 Å². The second-order valence-corrected chi connectivity index (χ2v) is 11.6. The Morgan fingerprint density at radius 1 is 0.932 bits per heavy atom. The number of nitrogens with zero attached hydrogens (tertiary/aromatic N) is 1. The highest BCUT2D eigenvalue weighted by Gasteiger charge is 2.47. The number of nitrogens with two attached hydrogens (primary N) is 1. The molecule has 1 aliphatic carbocycles. The quantitative estimate of drug-likeness (QED) is 0.200. The molecule has 238 valence electrons. The van der Waals surface area contributed by atoms with Crippen molar-refractivity contribution in [3.05, 3.63) is 48.0 Å². The zero-order chi connectivity index (χ0) is 31.6. The third-order valence-electron chi connectivity index (χ3n) is 8.72. The molecule has 2 aromatic carbocycles. The van der Waals surface area contributed by atoms with E-state index in [1.165, 1.54) is 4.90 Å². The molecular weight excluding hydrogens is 568 g/mol. The van der Waals surface area contributed by atoms with E-state index < -0.39 is 48.0 Å². The maximum atomic E-state index is 13.2. The van der Waals surface area contributed by atoms with Gasteiger partial charge in [-0.2, -0.15) is 0 Å². The van der Waals surface area contributed by atoms with Gasteiger partial charge in [-0.3, -0.25) is 9.59 Å². The number of fused-ring (bicyclic) bond motifs is 2. The molecule has 2 fully saturated rings. The first-order chi connectivity index (χ1) is 21.2. The Hall–Kier alpha value is -4.19. The van der Waals surface area contributed by atoms with E-state index >= 15 is 0 Å². The third kappa shape index (κ3) is 8.25. The Morgan fingerprint density at radius 2 is 1.68 bits per heavy atom. The first-order valence-corrected chi connectivity index (χ1v) is 15.4. The summed E-state index contributed by atoms with van der Waals surface area (Å²) in [6.45, 7) is 0.356. The SMILES string of the molecule is NCCCC[C@H](NC(=O)OCc1cccc2ccccc12)C(=O)N[C@H](CCC(=O)N1[C@H](C(=O)O)C[C@@H]2CCCC[C@@H]21)C(=O)O. The predicted molar refractivity (Wildman–Crippen MR) is 161 cm³/mol. The molecular formula is C32H42N4O8. The number of rotatable bonds is 14. The molecule has 44 heavy (non-hydrogen) atoms. The van der Waals surface area contributed by atoms with E-state index in [2.05, 4.69) is 10.6 Å². The van der Waals surface area contributed by atoms with Crippen molar-refractivity contribution in [2.24, 2.45) is 11.7 Å². The van der Waals surface area contributed by atoms with Crippen LogP contribution in [0.2, 0.25) is 0 Å². The number of benzene rings is 2. The van der Waals surface area contributed by atoms with Crippen molar-refractivity contribution in [2.75, 3.05) is 6.54 Å². The lowest BCUT2D eigenvalue weighted by atomic mass is 9.84. The Labute approximate surface area is 256 Å². The minimum Gasteiger partial charge on any atom is -0.480 e. The number of hydrogen-bond donors (Lipinski definition) is 5. The van der Waals surface area contributed by atoms with E-state index in [1.54, 1.807) is 0 Å². The monoisotopic (exact) mass is 610 g/mol. The fraction of sp³-hybridized carbons (Fsp3) is 0.531. The van der Waals surface area contributed by atoms with Gasteiger partial charge in [-0.05, 0) is 73.7 Å². The van der Waals surface area contributed by atoms with E-state index in [9.17, 15) is 34.2 Å². The third-order valence-corrected chi connectivity index (χ3v) is 8.72. The highest BCUT2D eigenvalue weighted by molar-refractivity contribution is 5.90. The molecule has 2 aromatic rings. The molecule has 1 saturated carbocycles. The van der Waals surface area contributed by atoms with Crippen molar-refractivity contribution in [1.82, 2.24) is 15.5 Å². The number of ether oxygens (including phenoxy) is 1. The summed E-state index contributed by atoms with van der Waals surface area (Å²) >= 11 is 0. The predicted octanol–water partition coefficient (Wildman–Crippen LogP) is 3.16. The molecule has 6 N–H and O–H groups in total. The van der Waals surface area contributed by atoms with Crippen LogP contribution < -0.4 is 16.4 Å². The lowest BCUT2D eigenvalue weighted by Gasteiger charge is -2.33. The first-order valence-electron chi connectivity index (χ1n) is 15.4. The van der Waals surface area contributed by atoms with Gasteiger partial charge in [-0.15, -0.1) is 0 Å². The van der Waals surface area contributed by atoms with Crippen molar-refractivity contribution in [1.29, 1.82) is 0 Å². The first kappa shape index (κ1) is 32.7.